The molecule has 4 aromatic rings. The van der Waals surface area contributed by atoms with E-state index in [2.05, 4.69) is 15.1 Å². The zero-order chi connectivity index (χ0) is 22.1. The number of hydrogen-bond acceptors (Lipinski definition) is 7. The Morgan fingerprint density at radius 3 is 2.65 bits per heavy atom. The van der Waals surface area contributed by atoms with Crippen LogP contribution in [0.5, 0.6) is 5.75 Å². The zero-order valence-electron chi connectivity index (χ0n) is 16.2. The van der Waals surface area contributed by atoms with Crippen LogP contribution in [0.25, 0.3) is 28.6 Å². The molecule has 0 aliphatic rings. The topological polar surface area (TPSA) is 106 Å². The molecule has 2 N–H and O–H groups in total. The van der Waals surface area contributed by atoms with Gasteiger partial charge >= 0.3 is 0 Å². The fourth-order valence-corrected chi connectivity index (χ4v) is 3.63. The van der Waals surface area contributed by atoms with E-state index in [1.807, 2.05) is 23.6 Å². The second kappa shape index (κ2) is 9.02. The van der Waals surface area contributed by atoms with Crippen molar-refractivity contribution in [1.82, 2.24) is 19.5 Å². The highest BCUT2D eigenvalue weighted by molar-refractivity contribution is 6.36. The lowest BCUT2D eigenvalue weighted by Gasteiger charge is -2.12. The Kier molecular flexibility index (Phi) is 6.36. The molecule has 0 spiro atoms. The summed E-state index contributed by atoms with van der Waals surface area (Å²) in [6, 6.07) is 4.89. The molecule has 4 rings (SSSR count). The van der Waals surface area contributed by atoms with Gasteiger partial charge in [-0.3, -0.25) is 0 Å². The second-order valence-electron chi connectivity index (χ2n) is 6.74. The smallest absolute Gasteiger partial charge is 0.278 e. The average Bonchev–Trinajstić information content (AvgIpc) is 3.41. The molecule has 1 aromatic carbocycles. The number of fused-ring (bicyclic) bond motifs is 1. The first kappa shape index (κ1) is 21.9. The van der Waals surface area contributed by atoms with Crippen LogP contribution in [0.2, 0.25) is 15.1 Å². The highest BCUT2D eigenvalue weighted by atomic mass is 35.5. The van der Waals surface area contributed by atoms with Crippen molar-refractivity contribution in [2.24, 2.45) is 0 Å². The predicted molar refractivity (Wildman–Crippen MR) is 117 cm³/mol. The molecule has 31 heavy (non-hydrogen) atoms. The maximum Gasteiger partial charge on any atom is 0.278 e. The number of rotatable bonds is 7. The van der Waals surface area contributed by atoms with Crippen molar-refractivity contribution in [1.29, 1.82) is 0 Å². The minimum Gasteiger partial charge on any atom is -0.489 e. The Morgan fingerprint density at radius 2 is 1.90 bits per heavy atom. The Morgan fingerprint density at radius 1 is 1.10 bits per heavy atom. The molecule has 8 nitrogen and oxygen atoms in total. The third kappa shape index (κ3) is 4.49. The number of benzene rings is 1. The second-order valence-corrected chi connectivity index (χ2v) is 7.96. The number of aryl methyl sites for hydroxylation is 1. The molecule has 0 fully saturated rings. The van der Waals surface area contributed by atoms with Gasteiger partial charge in [-0.2, -0.15) is 4.98 Å². The standard InChI is InChI=1S/C20H17Cl3N4O4/c1-2-10-3-15(23)19-24-16(7-27(19)6-10)20-25-18(26-31-20)12-4-14(22)17(5-13(12)21)30-9-11(29)8-28/h3-7,11,28-29H,2,8-9H2,1H3. The van der Waals surface area contributed by atoms with Crippen molar-refractivity contribution in [3.8, 4) is 28.7 Å². The predicted octanol–water partition coefficient (Wildman–Crippen LogP) is 4.31. The van der Waals surface area contributed by atoms with Crippen LogP contribution in [0, 0.1) is 0 Å². The number of aliphatic hydroxyl groups excluding tert-OH is 2. The van der Waals surface area contributed by atoms with Crippen LogP contribution in [0.3, 0.4) is 0 Å². The number of halogens is 3. The van der Waals surface area contributed by atoms with Gasteiger partial charge < -0.3 is 23.9 Å². The monoisotopic (exact) mass is 482 g/mol. The maximum atomic E-state index is 9.42. The largest absolute Gasteiger partial charge is 0.489 e. The first-order chi connectivity index (χ1) is 14.9. The van der Waals surface area contributed by atoms with Gasteiger partial charge in [-0.05, 0) is 24.1 Å². The van der Waals surface area contributed by atoms with Gasteiger partial charge in [0.25, 0.3) is 5.89 Å². The molecule has 0 aliphatic carbocycles. The maximum absolute atomic E-state index is 9.42. The fraction of sp³-hybridized carbons (Fsp3) is 0.250. The number of aromatic nitrogens is 4. The lowest BCUT2D eigenvalue weighted by atomic mass is 10.2. The molecule has 162 valence electrons. The van der Waals surface area contributed by atoms with E-state index < -0.39 is 12.7 Å². The van der Waals surface area contributed by atoms with E-state index in [-0.39, 0.29) is 34.1 Å². The number of aliphatic hydroxyl groups is 2. The van der Waals surface area contributed by atoms with Crippen molar-refractivity contribution >= 4 is 40.4 Å². The normalized spacial score (nSPS) is 12.5. The van der Waals surface area contributed by atoms with E-state index in [0.717, 1.165) is 12.0 Å². The van der Waals surface area contributed by atoms with Crippen molar-refractivity contribution in [2.75, 3.05) is 13.2 Å². The highest BCUT2D eigenvalue weighted by Crippen LogP contribution is 2.36. The van der Waals surface area contributed by atoms with Gasteiger partial charge in [0.2, 0.25) is 5.82 Å². The van der Waals surface area contributed by atoms with Crippen LogP contribution in [0.1, 0.15) is 12.5 Å². The van der Waals surface area contributed by atoms with E-state index in [1.165, 1.54) is 12.1 Å². The molecule has 0 radical (unpaired) electrons. The van der Waals surface area contributed by atoms with E-state index in [1.54, 1.807) is 6.20 Å². The van der Waals surface area contributed by atoms with Crippen molar-refractivity contribution in [3.63, 3.8) is 0 Å². The molecular formula is C20H17Cl3N4O4. The Hall–Kier alpha value is -2.36. The summed E-state index contributed by atoms with van der Waals surface area (Å²) in [5.41, 5.74) is 2.56. The van der Waals surface area contributed by atoms with Crippen LogP contribution in [-0.2, 0) is 6.42 Å². The first-order valence-corrected chi connectivity index (χ1v) is 10.4. The minimum atomic E-state index is -1.03. The summed E-state index contributed by atoms with van der Waals surface area (Å²) >= 11 is 18.9. The van der Waals surface area contributed by atoms with Crippen molar-refractivity contribution < 1.29 is 19.5 Å². The molecule has 0 saturated heterocycles. The number of hydrogen-bond donors (Lipinski definition) is 2. The molecule has 1 unspecified atom stereocenters. The van der Waals surface area contributed by atoms with E-state index in [4.69, 9.17) is 49.2 Å². The van der Waals surface area contributed by atoms with Gasteiger partial charge in [0.1, 0.15) is 24.2 Å². The van der Waals surface area contributed by atoms with Crippen LogP contribution >= 0.6 is 34.8 Å². The minimum absolute atomic E-state index is 0.131. The average molecular weight is 484 g/mol. The van der Waals surface area contributed by atoms with Crippen molar-refractivity contribution in [2.45, 2.75) is 19.4 Å². The Bertz CT molecular complexity index is 1240. The number of nitrogens with zero attached hydrogens (tertiary/aromatic N) is 4. The molecule has 3 aromatic heterocycles. The van der Waals surface area contributed by atoms with Crippen LogP contribution < -0.4 is 4.74 Å². The van der Waals surface area contributed by atoms with E-state index in [0.29, 0.717) is 21.9 Å². The van der Waals surface area contributed by atoms with Gasteiger partial charge in [0.15, 0.2) is 5.65 Å². The van der Waals surface area contributed by atoms with Gasteiger partial charge in [0.05, 0.1) is 21.7 Å². The summed E-state index contributed by atoms with van der Waals surface area (Å²) in [4.78, 5) is 8.86. The van der Waals surface area contributed by atoms with Gasteiger partial charge in [-0.1, -0.05) is 46.9 Å². The number of imidazole rings is 1. The molecule has 0 aliphatic heterocycles. The summed E-state index contributed by atoms with van der Waals surface area (Å²) in [7, 11) is 0. The molecular weight excluding hydrogens is 467 g/mol. The van der Waals surface area contributed by atoms with Crippen LogP contribution in [0.4, 0.5) is 0 Å². The molecule has 0 saturated carbocycles. The fourth-order valence-electron chi connectivity index (χ4n) is 2.89. The quantitative estimate of drug-likeness (QED) is 0.403. The Labute approximate surface area is 192 Å². The highest BCUT2D eigenvalue weighted by Gasteiger charge is 2.19. The van der Waals surface area contributed by atoms with Crippen LogP contribution in [-0.4, -0.2) is 49.1 Å². The molecule has 11 heteroatoms. The lowest BCUT2D eigenvalue weighted by molar-refractivity contribution is 0.0536. The summed E-state index contributed by atoms with van der Waals surface area (Å²) in [5, 5.41) is 23.3. The number of ether oxygens (including phenoxy) is 1. The first-order valence-electron chi connectivity index (χ1n) is 9.32. The molecule has 3 heterocycles. The van der Waals surface area contributed by atoms with E-state index >= 15 is 0 Å². The van der Waals surface area contributed by atoms with Gasteiger partial charge in [0, 0.05) is 24.0 Å². The summed E-state index contributed by atoms with van der Waals surface area (Å²) in [6.45, 7) is 1.48. The summed E-state index contributed by atoms with van der Waals surface area (Å²) in [6.07, 6.45) is 3.51. The third-order valence-electron chi connectivity index (χ3n) is 4.52. The summed E-state index contributed by atoms with van der Waals surface area (Å²) in [5.74, 6) is 0.681. The third-order valence-corrected chi connectivity index (χ3v) is 5.41. The zero-order valence-corrected chi connectivity index (χ0v) is 18.5. The van der Waals surface area contributed by atoms with Gasteiger partial charge in [-0.25, -0.2) is 4.98 Å². The molecule has 0 bridgehead atoms. The van der Waals surface area contributed by atoms with Crippen molar-refractivity contribution in [3.05, 3.63) is 51.2 Å². The van der Waals surface area contributed by atoms with E-state index in [9.17, 15) is 5.11 Å². The lowest BCUT2D eigenvalue weighted by Crippen LogP contribution is -2.21. The molecule has 0 amide bonds. The Balaban J connectivity index is 1.64. The SMILES string of the molecule is CCc1cc(Cl)c2nc(-c3nc(-c4cc(Cl)c(OCC(O)CO)cc4Cl)no3)cn2c1. The summed E-state index contributed by atoms with van der Waals surface area (Å²) < 4.78 is 12.6. The number of pyridine rings is 1. The van der Waals surface area contributed by atoms with Crippen LogP contribution in [0.15, 0.2) is 35.1 Å². The molecule has 1 atom stereocenters. The van der Waals surface area contributed by atoms with Gasteiger partial charge in [-0.15, -0.1) is 0 Å².